The number of rotatable bonds is 8. The van der Waals surface area contributed by atoms with Crippen molar-refractivity contribution in [1.29, 1.82) is 0 Å². The molecule has 1 aromatic rings. The molecule has 31 heavy (non-hydrogen) atoms. The number of amides is 1. The van der Waals surface area contributed by atoms with Crippen LogP contribution in [0.15, 0.2) is 30.3 Å². The van der Waals surface area contributed by atoms with Crippen LogP contribution in [0.25, 0.3) is 0 Å². The Hall–Kier alpha value is -1.48. The van der Waals surface area contributed by atoms with Crippen molar-refractivity contribution in [2.24, 2.45) is 0 Å². The number of hydrogen-bond acceptors (Lipinski definition) is 5. The second-order valence-corrected chi connectivity index (χ2v) is 11.2. The minimum Gasteiger partial charge on any atom is -0.381 e. The Morgan fingerprint density at radius 2 is 1.87 bits per heavy atom. The zero-order valence-electron chi connectivity index (χ0n) is 18.5. The van der Waals surface area contributed by atoms with Gasteiger partial charge in [-0.1, -0.05) is 30.3 Å². The Labute approximate surface area is 186 Å². The summed E-state index contributed by atoms with van der Waals surface area (Å²) in [6, 6.07) is 10.6. The van der Waals surface area contributed by atoms with Gasteiger partial charge in [0.25, 0.3) is 0 Å². The van der Waals surface area contributed by atoms with Crippen molar-refractivity contribution in [3.05, 3.63) is 35.9 Å². The van der Waals surface area contributed by atoms with Gasteiger partial charge < -0.3 is 10.1 Å². The molecule has 8 heteroatoms. The lowest BCUT2D eigenvalue weighted by molar-refractivity contribution is -0.123. The van der Waals surface area contributed by atoms with Gasteiger partial charge in [0.1, 0.15) is 0 Å². The van der Waals surface area contributed by atoms with E-state index in [2.05, 4.69) is 10.2 Å². The average molecular weight is 450 g/mol. The minimum atomic E-state index is -3.19. The molecule has 1 N–H and O–H groups in total. The SMILES string of the molecule is CS(=O)(=O)N1CCCC(N(CCNC(=O)C2(c3ccccc3)CC2)C2CCOCC2)C1. The molecule has 0 spiro atoms. The molecule has 3 fully saturated rings. The molecule has 1 aromatic carbocycles. The van der Waals surface area contributed by atoms with Gasteiger partial charge in [-0.25, -0.2) is 12.7 Å². The largest absolute Gasteiger partial charge is 0.381 e. The maximum absolute atomic E-state index is 13.0. The normalized spacial score (nSPS) is 24.8. The summed E-state index contributed by atoms with van der Waals surface area (Å²) >= 11 is 0. The summed E-state index contributed by atoms with van der Waals surface area (Å²) in [5.41, 5.74) is 0.743. The molecule has 0 radical (unpaired) electrons. The first-order valence-electron chi connectivity index (χ1n) is 11.5. The molecule has 2 heterocycles. The molecule has 2 saturated heterocycles. The molecule has 3 aliphatic rings. The maximum Gasteiger partial charge on any atom is 0.230 e. The van der Waals surface area contributed by atoms with E-state index in [9.17, 15) is 13.2 Å². The number of nitrogens with one attached hydrogen (secondary N) is 1. The first-order valence-corrected chi connectivity index (χ1v) is 13.4. The van der Waals surface area contributed by atoms with Crippen molar-refractivity contribution in [2.75, 3.05) is 45.6 Å². The van der Waals surface area contributed by atoms with E-state index in [4.69, 9.17) is 4.74 Å². The Morgan fingerprint density at radius 1 is 1.16 bits per heavy atom. The van der Waals surface area contributed by atoms with E-state index in [-0.39, 0.29) is 17.4 Å². The predicted octanol–water partition coefficient (Wildman–Crippen LogP) is 1.74. The molecule has 1 unspecified atom stereocenters. The van der Waals surface area contributed by atoms with Gasteiger partial charge in [0.05, 0.1) is 11.7 Å². The van der Waals surface area contributed by atoms with E-state index in [0.717, 1.165) is 63.8 Å². The van der Waals surface area contributed by atoms with Gasteiger partial charge in [-0.05, 0) is 44.1 Å². The van der Waals surface area contributed by atoms with Crippen LogP contribution in [-0.2, 0) is 25.0 Å². The van der Waals surface area contributed by atoms with Crippen LogP contribution in [0.1, 0.15) is 44.1 Å². The summed E-state index contributed by atoms with van der Waals surface area (Å²) in [6.07, 6.45) is 6.88. The standard InChI is InChI=1S/C23H35N3O4S/c1-31(28,29)25-14-5-8-21(18-25)26(20-9-16-30-17-10-20)15-13-24-22(27)23(11-12-23)19-6-3-2-4-7-19/h2-4,6-7,20-21H,5,8-18H2,1H3,(H,24,27). The lowest BCUT2D eigenvalue weighted by Crippen LogP contribution is -2.55. The lowest BCUT2D eigenvalue weighted by atomic mass is 9.95. The third kappa shape index (κ3) is 5.30. The summed E-state index contributed by atoms with van der Waals surface area (Å²) in [6.45, 7) is 3.95. The van der Waals surface area contributed by atoms with Gasteiger partial charge in [-0.15, -0.1) is 0 Å². The van der Waals surface area contributed by atoms with Gasteiger partial charge in [0, 0.05) is 51.5 Å². The summed E-state index contributed by atoms with van der Waals surface area (Å²) < 4.78 is 31.4. The van der Waals surface area contributed by atoms with Crippen LogP contribution >= 0.6 is 0 Å². The zero-order chi connectivity index (χ0) is 21.9. The van der Waals surface area contributed by atoms with Crippen LogP contribution in [0.2, 0.25) is 0 Å². The Kier molecular flexibility index (Phi) is 7.01. The van der Waals surface area contributed by atoms with Gasteiger partial charge in [0.2, 0.25) is 15.9 Å². The summed E-state index contributed by atoms with van der Waals surface area (Å²) in [4.78, 5) is 15.5. The molecule has 4 rings (SSSR count). The number of hydrogen-bond donors (Lipinski definition) is 1. The maximum atomic E-state index is 13.0. The average Bonchev–Trinajstić information content (AvgIpc) is 3.60. The topological polar surface area (TPSA) is 79.0 Å². The Morgan fingerprint density at radius 3 is 2.52 bits per heavy atom. The number of ether oxygens (including phenoxy) is 1. The van der Waals surface area contributed by atoms with Gasteiger partial charge >= 0.3 is 0 Å². The first kappa shape index (κ1) is 22.7. The molecule has 1 aliphatic carbocycles. The molecule has 1 saturated carbocycles. The number of nitrogens with zero attached hydrogens (tertiary/aromatic N) is 2. The highest BCUT2D eigenvalue weighted by molar-refractivity contribution is 7.88. The summed E-state index contributed by atoms with van der Waals surface area (Å²) in [5.74, 6) is 0.118. The summed E-state index contributed by atoms with van der Waals surface area (Å²) in [5, 5.41) is 3.19. The van der Waals surface area contributed by atoms with E-state index < -0.39 is 10.0 Å². The second-order valence-electron chi connectivity index (χ2n) is 9.20. The fourth-order valence-corrected chi connectivity index (χ4v) is 6.07. The van der Waals surface area contributed by atoms with Crippen molar-refractivity contribution >= 4 is 15.9 Å². The molecule has 0 bridgehead atoms. The highest BCUT2D eigenvalue weighted by atomic mass is 32.2. The zero-order valence-corrected chi connectivity index (χ0v) is 19.3. The number of piperidine rings is 1. The van der Waals surface area contributed by atoms with Crippen LogP contribution in [0, 0.1) is 0 Å². The van der Waals surface area contributed by atoms with Crippen molar-refractivity contribution in [3.63, 3.8) is 0 Å². The van der Waals surface area contributed by atoms with E-state index in [1.54, 1.807) is 4.31 Å². The third-order valence-electron chi connectivity index (χ3n) is 7.12. The molecule has 1 amide bonds. The molecular weight excluding hydrogens is 414 g/mol. The van der Waals surface area contributed by atoms with Crippen molar-refractivity contribution in [1.82, 2.24) is 14.5 Å². The highest BCUT2D eigenvalue weighted by Gasteiger charge is 2.51. The third-order valence-corrected chi connectivity index (χ3v) is 8.39. The fraction of sp³-hybridized carbons (Fsp3) is 0.696. The first-order chi connectivity index (χ1) is 14.9. The van der Waals surface area contributed by atoms with Gasteiger partial charge in [-0.3, -0.25) is 9.69 Å². The number of carbonyl (C=O) groups is 1. The van der Waals surface area contributed by atoms with Gasteiger partial charge in [0.15, 0.2) is 0 Å². The van der Waals surface area contributed by atoms with Crippen molar-refractivity contribution < 1.29 is 17.9 Å². The van der Waals surface area contributed by atoms with Gasteiger partial charge in [-0.2, -0.15) is 0 Å². The Bertz CT molecular complexity index is 851. The molecule has 172 valence electrons. The monoisotopic (exact) mass is 449 g/mol. The van der Waals surface area contributed by atoms with Crippen molar-refractivity contribution in [3.8, 4) is 0 Å². The van der Waals surface area contributed by atoms with E-state index in [1.807, 2.05) is 30.3 Å². The second kappa shape index (κ2) is 9.57. The Balaban J connectivity index is 1.39. The van der Waals surface area contributed by atoms with E-state index in [0.29, 0.717) is 25.7 Å². The van der Waals surface area contributed by atoms with E-state index in [1.165, 1.54) is 6.26 Å². The summed E-state index contributed by atoms with van der Waals surface area (Å²) in [7, 11) is -3.19. The quantitative estimate of drug-likeness (QED) is 0.654. The lowest BCUT2D eigenvalue weighted by Gasteiger charge is -2.43. The van der Waals surface area contributed by atoms with Crippen LogP contribution < -0.4 is 5.32 Å². The molecule has 0 aromatic heterocycles. The predicted molar refractivity (Wildman–Crippen MR) is 120 cm³/mol. The molecule has 7 nitrogen and oxygen atoms in total. The number of carbonyl (C=O) groups excluding carboxylic acids is 1. The molecular formula is C23H35N3O4S. The van der Waals surface area contributed by atoms with Crippen LogP contribution in [0.5, 0.6) is 0 Å². The number of benzene rings is 1. The molecule has 2 aliphatic heterocycles. The van der Waals surface area contributed by atoms with Crippen LogP contribution in [-0.4, -0.2) is 81.3 Å². The minimum absolute atomic E-state index is 0.118. The smallest absolute Gasteiger partial charge is 0.230 e. The molecule has 1 atom stereocenters. The highest BCUT2D eigenvalue weighted by Crippen LogP contribution is 2.48. The van der Waals surface area contributed by atoms with E-state index >= 15 is 0 Å². The van der Waals surface area contributed by atoms with Crippen LogP contribution in [0.3, 0.4) is 0 Å². The van der Waals surface area contributed by atoms with Crippen molar-refractivity contribution in [2.45, 2.75) is 56.0 Å². The fourth-order valence-electron chi connectivity index (χ4n) is 5.17. The number of sulfonamides is 1. The van der Waals surface area contributed by atoms with Crippen LogP contribution in [0.4, 0.5) is 0 Å².